The fraction of sp³-hybridized carbons (Fsp3) is 0.222. The van der Waals surface area contributed by atoms with Gasteiger partial charge in [-0.3, -0.25) is 9.59 Å². The van der Waals surface area contributed by atoms with Gasteiger partial charge in [0.2, 0.25) is 0 Å². The number of hydrogen-bond acceptors (Lipinski definition) is 3. The van der Waals surface area contributed by atoms with Crippen molar-refractivity contribution in [2.75, 3.05) is 11.9 Å². The minimum Gasteiger partial charge on any atom is -0.455 e. The number of ether oxygens (including phenoxy) is 1. The van der Waals surface area contributed by atoms with E-state index in [0.29, 0.717) is 11.6 Å². The Morgan fingerprint density at radius 1 is 1.12 bits per heavy atom. The number of amides is 1. The van der Waals surface area contributed by atoms with Gasteiger partial charge >= 0.3 is 12.1 Å². The molecule has 0 aliphatic rings. The van der Waals surface area contributed by atoms with Crippen molar-refractivity contribution >= 4 is 29.2 Å². The van der Waals surface area contributed by atoms with Gasteiger partial charge in [0.1, 0.15) is 0 Å². The molecule has 0 atom stereocenters. The lowest BCUT2D eigenvalue weighted by atomic mass is 10.1. The number of carbonyl (C=O) groups is 2. The van der Waals surface area contributed by atoms with Crippen molar-refractivity contribution in [3.05, 3.63) is 64.2 Å². The van der Waals surface area contributed by atoms with E-state index in [1.54, 1.807) is 12.1 Å². The Balaban J connectivity index is 1.93. The van der Waals surface area contributed by atoms with Gasteiger partial charge < -0.3 is 10.1 Å². The minimum absolute atomic E-state index is 0.0394. The van der Waals surface area contributed by atoms with Crippen molar-refractivity contribution in [1.82, 2.24) is 0 Å². The molecule has 2 rings (SSSR count). The smallest absolute Gasteiger partial charge is 0.418 e. The predicted molar refractivity (Wildman–Crippen MR) is 90.9 cm³/mol. The summed E-state index contributed by atoms with van der Waals surface area (Å²) >= 11 is 5.57. The Morgan fingerprint density at radius 3 is 2.38 bits per heavy atom. The van der Waals surface area contributed by atoms with Crippen LogP contribution < -0.4 is 5.32 Å². The highest BCUT2D eigenvalue weighted by Gasteiger charge is 2.34. The molecule has 0 bridgehead atoms. The first-order valence-corrected chi connectivity index (χ1v) is 7.91. The molecule has 1 N–H and O–H groups in total. The molecule has 2 aromatic rings. The second kappa shape index (κ2) is 8.23. The first-order valence-electron chi connectivity index (χ1n) is 7.53. The van der Waals surface area contributed by atoms with Crippen molar-refractivity contribution in [2.45, 2.75) is 19.5 Å². The molecule has 0 fully saturated rings. The summed E-state index contributed by atoms with van der Waals surface area (Å²) < 4.78 is 43.7. The van der Waals surface area contributed by atoms with Crippen LogP contribution in [-0.4, -0.2) is 18.5 Å². The Morgan fingerprint density at radius 2 is 1.77 bits per heavy atom. The molecule has 26 heavy (non-hydrogen) atoms. The van der Waals surface area contributed by atoms with Crippen molar-refractivity contribution in [2.24, 2.45) is 0 Å². The second-order valence-corrected chi connectivity index (χ2v) is 6.00. The fourth-order valence-corrected chi connectivity index (χ4v) is 2.29. The van der Waals surface area contributed by atoms with Gasteiger partial charge in [-0.25, -0.2) is 0 Å². The highest BCUT2D eigenvalue weighted by atomic mass is 35.5. The maximum absolute atomic E-state index is 13.0. The Hall–Kier alpha value is -2.54. The summed E-state index contributed by atoms with van der Waals surface area (Å²) in [4.78, 5) is 23.5. The number of halogens is 4. The largest absolute Gasteiger partial charge is 0.455 e. The van der Waals surface area contributed by atoms with Gasteiger partial charge in [-0.15, -0.1) is 0 Å². The van der Waals surface area contributed by atoms with Gasteiger partial charge in [0.15, 0.2) is 6.61 Å². The van der Waals surface area contributed by atoms with Gasteiger partial charge in [-0.1, -0.05) is 41.4 Å². The number of anilines is 1. The van der Waals surface area contributed by atoms with Crippen LogP contribution in [0.3, 0.4) is 0 Å². The van der Waals surface area contributed by atoms with E-state index in [0.717, 1.165) is 11.6 Å². The lowest BCUT2D eigenvalue weighted by molar-refractivity contribution is -0.146. The third-order valence-corrected chi connectivity index (χ3v) is 3.63. The standard InChI is InChI=1S/C18H15ClF3NO3/c1-11-2-4-12(5-3-11)8-17(25)26-10-16(24)23-15-7-6-13(19)9-14(15)18(20,21)22/h2-7,9H,8,10H2,1H3,(H,23,24). The van der Waals surface area contributed by atoms with Crippen LogP contribution in [0.5, 0.6) is 0 Å². The van der Waals surface area contributed by atoms with E-state index in [4.69, 9.17) is 16.3 Å². The summed E-state index contributed by atoms with van der Waals surface area (Å²) in [5.74, 6) is -1.54. The number of hydrogen-bond donors (Lipinski definition) is 1. The molecule has 0 aliphatic carbocycles. The monoisotopic (exact) mass is 385 g/mol. The molecule has 0 saturated carbocycles. The van der Waals surface area contributed by atoms with Crippen LogP contribution in [0.4, 0.5) is 18.9 Å². The maximum Gasteiger partial charge on any atom is 0.418 e. The number of rotatable bonds is 5. The van der Waals surface area contributed by atoms with E-state index in [2.05, 4.69) is 5.32 Å². The first kappa shape index (κ1) is 19.8. The van der Waals surface area contributed by atoms with Crippen LogP contribution in [0.1, 0.15) is 16.7 Å². The highest BCUT2D eigenvalue weighted by molar-refractivity contribution is 6.30. The second-order valence-electron chi connectivity index (χ2n) is 5.56. The zero-order valence-electron chi connectivity index (χ0n) is 13.7. The molecule has 0 saturated heterocycles. The fourth-order valence-electron chi connectivity index (χ4n) is 2.12. The Labute approximate surface area is 152 Å². The quantitative estimate of drug-likeness (QED) is 0.776. The molecule has 0 aromatic heterocycles. The summed E-state index contributed by atoms with van der Waals surface area (Å²) in [5.41, 5.74) is 0.203. The summed E-state index contributed by atoms with van der Waals surface area (Å²) in [6.07, 6.45) is -4.72. The zero-order chi connectivity index (χ0) is 19.3. The van der Waals surface area contributed by atoms with Crippen LogP contribution in [-0.2, 0) is 26.9 Å². The average molecular weight is 386 g/mol. The molecule has 1 amide bonds. The van der Waals surface area contributed by atoms with Gasteiger partial charge in [0, 0.05) is 5.02 Å². The van der Waals surface area contributed by atoms with Gasteiger partial charge in [0.25, 0.3) is 5.91 Å². The molecule has 0 unspecified atom stereocenters. The predicted octanol–water partition coefficient (Wildman–Crippen LogP) is 4.39. The van der Waals surface area contributed by atoms with E-state index in [9.17, 15) is 22.8 Å². The molecule has 138 valence electrons. The molecule has 4 nitrogen and oxygen atoms in total. The number of esters is 1. The molecule has 0 heterocycles. The summed E-state index contributed by atoms with van der Waals surface area (Å²) in [6, 6.07) is 10.1. The number of benzene rings is 2. The molecular formula is C18H15ClF3NO3. The highest BCUT2D eigenvalue weighted by Crippen LogP contribution is 2.36. The normalized spacial score (nSPS) is 11.1. The molecular weight excluding hydrogens is 371 g/mol. The van der Waals surface area contributed by atoms with E-state index >= 15 is 0 Å². The van der Waals surface area contributed by atoms with Crippen molar-refractivity contribution in [1.29, 1.82) is 0 Å². The number of nitrogens with one attached hydrogen (secondary N) is 1. The van der Waals surface area contributed by atoms with Gasteiger partial charge in [0.05, 0.1) is 17.7 Å². The lowest BCUT2D eigenvalue weighted by Crippen LogP contribution is -2.23. The van der Waals surface area contributed by atoms with E-state index in [1.807, 2.05) is 19.1 Å². The van der Waals surface area contributed by atoms with E-state index in [1.165, 1.54) is 6.07 Å². The lowest BCUT2D eigenvalue weighted by Gasteiger charge is -2.14. The number of carbonyl (C=O) groups excluding carboxylic acids is 2. The third-order valence-electron chi connectivity index (χ3n) is 3.39. The van der Waals surface area contributed by atoms with Crippen LogP contribution in [0.25, 0.3) is 0 Å². The van der Waals surface area contributed by atoms with Crippen molar-refractivity contribution < 1.29 is 27.5 Å². The Bertz CT molecular complexity index is 804. The topological polar surface area (TPSA) is 55.4 Å². The van der Waals surface area contributed by atoms with Crippen LogP contribution >= 0.6 is 11.6 Å². The minimum atomic E-state index is -4.68. The molecule has 0 radical (unpaired) electrons. The molecule has 8 heteroatoms. The van der Waals surface area contributed by atoms with Crippen LogP contribution in [0, 0.1) is 6.92 Å². The molecule has 2 aromatic carbocycles. The van der Waals surface area contributed by atoms with Crippen molar-refractivity contribution in [3.63, 3.8) is 0 Å². The first-order chi connectivity index (χ1) is 12.1. The molecule has 0 aliphatic heterocycles. The van der Waals surface area contributed by atoms with E-state index in [-0.39, 0.29) is 11.4 Å². The maximum atomic E-state index is 13.0. The van der Waals surface area contributed by atoms with E-state index < -0.39 is 35.9 Å². The van der Waals surface area contributed by atoms with Crippen LogP contribution in [0.2, 0.25) is 5.02 Å². The number of alkyl halides is 3. The average Bonchev–Trinajstić information content (AvgIpc) is 2.56. The third kappa shape index (κ3) is 5.77. The molecule has 0 spiro atoms. The summed E-state index contributed by atoms with van der Waals surface area (Å²) in [6.45, 7) is 1.21. The van der Waals surface area contributed by atoms with Crippen molar-refractivity contribution in [3.8, 4) is 0 Å². The van der Waals surface area contributed by atoms with Gasteiger partial charge in [-0.05, 0) is 30.7 Å². The SMILES string of the molecule is Cc1ccc(CC(=O)OCC(=O)Nc2ccc(Cl)cc2C(F)(F)F)cc1. The summed E-state index contributed by atoms with van der Waals surface area (Å²) in [5, 5.41) is 1.96. The summed E-state index contributed by atoms with van der Waals surface area (Å²) in [7, 11) is 0. The number of aryl methyl sites for hydroxylation is 1. The van der Waals surface area contributed by atoms with Gasteiger partial charge in [-0.2, -0.15) is 13.2 Å². The van der Waals surface area contributed by atoms with Crippen LogP contribution in [0.15, 0.2) is 42.5 Å². The Kier molecular flexibility index (Phi) is 6.26. The zero-order valence-corrected chi connectivity index (χ0v) is 14.4.